The number of nitrogens with two attached hydrogens (primary N) is 2. The number of hydrogen-bond acceptors (Lipinski definition) is 6. The van der Waals surface area contributed by atoms with E-state index in [1.807, 2.05) is 0 Å². The Bertz CT molecular complexity index is 603. The average molecular weight is 336 g/mol. The molecule has 8 N–H and O–H groups in total. The van der Waals surface area contributed by atoms with Crippen LogP contribution >= 0.6 is 0 Å². The van der Waals surface area contributed by atoms with Crippen LogP contribution in [0.15, 0.2) is 48.5 Å². The van der Waals surface area contributed by atoms with E-state index in [0.29, 0.717) is 11.4 Å². The van der Waals surface area contributed by atoms with Crippen LogP contribution in [0.1, 0.15) is 20.7 Å². The van der Waals surface area contributed by atoms with Gasteiger partial charge in [-0.3, -0.25) is 0 Å². The maximum Gasteiger partial charge on any atom is 0.337 e. The minimum absolute atomic E-state index is 0.125. The van der Waals surface area contributed by atoms with Gasteiger partial charge >= 0.3 is 11.9 Å². The molecule has 0 saturated carbocycles. The molecule has 0 saturated heterocycles. The summed E-state index contributed by atoms with van der Waals surface area (Å²) < 4.78 is 0. The summed E-state index contributed by atoms with van der Waals surface area (Å²) in [5.41, 5.74) is 11.6. The number of para-hydroxylation sites is 2. The highest BCUT2D eigenvalue weighted by atomic mass is 16.4. The Hall–Kier alpha value is -3.10. The Morgan fingerprint density at radius 1 is 0.708 bits per heavy atom. The van der Waals surface area contributed by atoms with Crippen molar-refractivity contribution in [3.8, 4) is 0 Å². The van der Waals surface area contributed by atoms with Crippen molar-refractivity contribution in [2.75, 3.05) is 24.7 Å². The van der Waals surface area contributed by atoms with Crippen molar-refractivity contribution in [1.82, 2.24) is 0 Å². The van der Waals surface area contributed by atoms with Gasteiger partial charge in [0.1, 0.15) is 0 Å². The zero-order valence-electron chi connectivity index (χ0n) is 12.8. The molecule has 2 rings (SSSR count). The molecular formula is C16H20N2O6. The standard InChI is InChI=1S/2C7H7NO2.C2H6O2/c2*8-6-4-2-1-3-5(6)7(9)10;3-1-2-4/h2*1-4H,8H2,(H,9,10);3-4H,1-2H2. The van der Waals surface area contributed by atoms with Gasteiger partial charge in [0.15, 0.2) is 0 Å². The zero-order valence-corrected chi connectivity index (χ0v) is 12.8. The second-order valence-electron chi connectivity index (χ2n) is 4.23. The summed E-state index contributed by atoms with van der Waals surface area (Å²) in [5.74, 6) is -1.98. The van der Waals surface area contributed by atoms with E-state index in [-0.39, 0.29) is 24.3 Å². The van der Waals surface area contributed by atoms with Crippen LogP contribution in [0, 0.1) is 0 Å². The highest BCUT2D eigenvalue weighted by molar-refractivity contribution is 5.93. The number of aliphatic hydroxyl groups excluding tert-OH is 2. The maximum absolute atomic E-state index is 10.3. The van der Waals surface area contributed by atoms with E-state index in [2.05, 4.69) is 0 Å². The molecule has 0 aliphatic heterocycles. The van der Waals surface area contributed by atoms with Gasteiger partial charge in [-0.2, -0.15) is 0 Å². The van der Waals surface area contributed by atoms with Crippen molar-refractivity contribution in [2.24, 2.45) is 0 Å². The van der Waals surface area contributed by atoms with Crippen LogP contribution in [0.4, 0.5) is 11.4 Å². The number of nitrogen functional groups attached to an aromatic ring is 2. The fourth-order valence-corrected chi connectivity index (χ4v) is 1.38. The molecule has 0 fully saturated rings. The molecule has 2 aromatic rings. The summed E-state index contributed by atoms with van der Waals surface area (Å²) in [6.07, 6.45) is 0. The van der Waals surface area contributed by atoms with E-state index in [0.717, 1.165) is 0 Å². The van der Waals surface area contributed by atoms with Gasteiger partial charge in [-0.15, -0.1) is 0 Å². The molecular weight excluding hydrogens is 316 g/mol. The number of carbonyl (C=O) groups is 2. The fourth-order valence-electron chi connectivity index (χ4n) is 1.38. The molecule has 0 bridgehead atoms. The lowest BCUT2D eigenvalue weighted by Crippen LogP contribution is -2.00. The molecule has 0 spiro atoms. The van der Waals surface area contributed by atoms with E-state index in [1.54, 1.807) is 36.4 Å². The van der Waals surface area contributed by atoms with E-state index in [9.17, 15) is 9.59 Å². The first-order valence-electron chi connectivity index (χ1n) is 6.72. The SMILES string of the molecule is Nc1ccccc1C(=O)O.Nc1ccccc1C(=O)O.OCCO. The lowest BCUT2D eigenvalue weighted by atomic mass is 10.2. The first-order chi connectivity index (χ1) is 11.3. The monoisotopic (exact) mass is 336 g/mol. The van der Waals surface area contributed by atoms with Gasteiger partial charge in [-0.1, -0.05) is 24.3 Å². The Kier molecular flexibility index (Phi) is 9.98. The molecule has 0 atom stereocenters. The largest absolute Gasteiger partial charge is 0.478 e. The van der Waals surface area contributed by atoms with Gasteiger partial charge in [0.05, 0.1) is 24.3 Å². The van der Waals surface area contributed by atoms with E-state index in [1.165, 1.54) is 12.1 Å². The van der Waals surface area contributed by atoms with Gasteiger partial charge in [-0.25, -0.2) is 9.59 Å². The molecule has 0 aliphatic rings. The number of carboxylic acids is 2. The number of rotatable bonds is 3. The number of benzene rings is 2. The Balaban J connectivity index is 0.000000363. The first-order valence-corrected chi connectivity index (χ1v) is 6.72. The van der Waals surface area contributed by atoms with Crippen LogP contribution in [0.3, 0.4) is 0 Å². The summed E-state index contributed by atoms with van der Waals surface area (Å²) in [5, 5.41) is 32.2. The molecule has 0 amide bonds. The normalized spacial score (nSPS) is 8.92. The second kappa shape index (κ2) is 11.5. The zero-order chi connectivity index (χ0) is 18.5. The Morgan fingerprint density at radius 2 is 1.00 bits per heavy atom. The second-order valence-corrected chi connectivity index (χ2v) is 4.23. The smallest absolute Gasteiger partial charge is 0.337 e. The van der Waals surface area contributed by atoms with Gasteiger partial charge in [-0.05, 0) is 24.3 Å². The van der Waals surface area contributed by atoms with Crippen molar-refractivity contribution < 1.29 is 30.0 Å². The van der Waals surface area contributed by atoms with Crippen molar-refractivity contribution >= 4 is 23.3 Å². The topological polar surface area (TPSA) is 167 Å². The minimum Gasteiger partial charge on any atom is -0.478 e. The predicted octanol–water partition coefficient (Wildman–Crippen LogP) is 0.905. The molecule has 0 aromatic heterocycles. The Morgan fingerprint density at radius 3 is 1.17 bits per heavy atom. The maximum atomic E-state index is 10.3. The van der Waals surface area contributed by atoms with Crippen LogP contribution in [-0.2, 0) is 0 Å². The van der Waals surface area contributed by atoms with Crippen molar-refractivity contribution in [3.63, 3.8) is 0 Å². The third kappa shape index (κ3) is 7.78. The first kappa shape index (κ1) is 20.9. The molecule has 0 heterocycles. The minimum atomic E-state index is -0.988. The average Bonchev–Trinajstić information content (AvgIpc) is 2.56. The number of aliphatic hydroxyl groups is 2. The van der Waals surface area contributed by atoms with Crippen LogP contribution < -0.4 is 11.5 Å². The fraction of sp³-hybridized carbons (Fsp3) is 0.125. The molecule has 24 heavy (non-hydrogen) atoms. The summed E-state index contributed by atoms with van der Waals surface area (Å²) in [4.78, 5) is 20.7. The van der Waals surface area contributed by atoms with E-state index < -0.39 is 11.9 Å². The van der Waals surface area contributed by atoms with Gasteiger partial charge in [0.2, 0.25) is 0 Å². The molecule has 0 unspecified atom stereocenters. The number of hydrogen-bond donors (Lipinski definition) is 6. The summed E-state index contributed by atoms with van der Waals surface area (Å²) >= 11 is 0. The summed E-state index contributed by atoms with van der Waals surface area (Å²) in [6, 6.07) is 12.7. The van der Waals surface area contributed by atoms with Crippen molar-refractivity contribution in [2.45, 2.75) is 0 Å². The van der Waals surface area contributed by atoms with E-state index >= 15 is 0 Å². The lowest BCUT2D eigenvalue weighted by molar-refractivity contribution is 0.0687. The highest BCUT2D eigenvalue weighted by Gasteiger charge is 2.04. The molecule has 2 aromatic carbocycles. The molecule has 8 nitrogen and oxygen atoms in total. The lowest BCUT2D eigenvalue weighted by Gasteiger charge is -1.96. The van der Waals surface area contributed by atoms with Gasteiger partial charge < -0.3 is 31.9 Å². The third-order valence-corrected chi connectivity index (χ3v) is 2.48. The molecule has 0 radical (unpaired) electrons. The van der Waals surface area contributed by atoms with Crippen LogP contribution in [0.2, 0.25) is 0 Å². The number of aromatic carboxylic acids is 2. The molecule has 0 aliphatic carbocycles. The van der Waals surface area contributed by atoms with Gasteiger partial charge in [0.25, 0.3) is 0 Å². The summed E-state index contributed by atoms with van der Waals surface area (Å²) in [6.45, 7) is -0.250. The summed E-state index contributed by atoms with van der Waals surface area (Å²) in [7, 11) is 0. The predicted molar refractivity (Wildman–Crippen MR) is 89.8 cm³/mol. The van der Waals surface area contributed by atoms with Gasteiger partial charge in [0, 0.05) is 11.4 Å². The molecule has 130 valence electrons. The van der Waals surface area contributed by atoms with E-state index in [4.69, 9.17) is 31.9 Å². The third-order valence-electron chi connectivity index (χ3n) is 2.48. The van der Waals surface area contributed by atoms with Crippen LogP contribution in [-0.4, -0.2) is 45.6 Å². The van der Waals surface area contributed by atoms with Crippen molar-refractivity contribution in [1.29, 1.82) is 0 Å². The number of carboxylic acid groups (broad SMARTS) is 2. The van der Waals surface area contributed by atoms with Crippen molar-refractivity contribution in [3.05, 3.63) is 59.7 Å². The van der Waals surface area contributed by atoms with Crippen LogP contribution in [0.5, 0.6) is 0 Å². The van der Waals surface area contributed by atoms with Crippen LogP contribution in [0.25, 0.3) is 0 Å². The molecule has 8 heteroatoms. The highest BCUT2D eigenvalue weighted by Crippen LogP contribution is 2.09. The Labute approximate surface area is 138 Å². The number of anilines is 2. The quantitative estimate of drug-likeness (QED) is 0.449.